The molecular formula is C16H23Cl2FN2. The minimum absolute atomic E-state index is 0. The first kappa shape index (κ1) is 17.0. The number of piperazine rings is 1. The van der Waals surface area contributed by atoms with Crippen LogP contribution in [0.2, 0.25) is 5.02 Å². The van der Waals surface area contributed by atoms with Gasteiger partial charge in [0.1, 0.15) is 5.82 Å². The molecule has 0 unspecified atom stereocenters. The van der Waals surface area contributed by atoms with Crippen molar-refractivity contribution in [2.75, 3.05) is 26.2 Å². The molecule has 5 heteroatoms. The second-order valence-electron chi connectivity index (χ2n) is 5.98. The average Bonchev–Trinajstić information content (AvgIpc) is 2.93. The zero-order chi connectivity index (χ0) is 13.9. The van der Waals surface area contributed by atoms with Gasteiger partial charge in [-0.05, 0) is 42.5 Å². The van der Waals surface area contributed by atoms with Crippen molar-refractivity contribution >= 4 is 24.0 Å². The maximum atomic E-state index is 13.7. The number of hydrogen-bond donors (Lipinski definition) is 1. The van der Waals surface area contributed by atoms with Crippen molar-refractivity contribution in [3.8, 4) is 0 Å². The van der Waals surface area contributed by atoms with E-state index in [1.807, 2.05) is 6.07 Å². The third-order valence-corrected chi connectivity index (χ3v) is 4.84. The molecule has 3 rings (SSSR count). The highest BCUT2D eigenvalue weighted by Crippen LogP contribution is 2.40. The zero-order valence-corrected chi connectivity index (χ0v) is 13.7. The summed E-state index contributed by atoms with van der Waals surface area (Å²) in [4.78, 5) is 2.51. The maximum absolute atomic E-state index is 13.7. The van der Waals surface area contributed by atoms with Crippen molar-refractivity contribution in [2.24, 2.45) is 5.92 Å². The van der Waals surface area contributed by atoms with Crippen LogP contribution in [0.25, 0.3) is 0 Å². The van der Waals surface area contributed by atoms with Crippen molar-refractivity contribution in [3.05, 3.63) is 34.6 Å². The molecule has 1 saturated carbocycles. The molecule has 118 valence electrons. The Hall–Kier alpha value is -0.350. The summed E-state index contributed by atoms with van der Waals surface area (Å²) in [6.45, 7) is 4.11. The van der Waals surface area contributed by atoms with Gasteiger partial charge < -0.3 is 5.32 Å². The Labute approximate surface area is 137 Å². The Morgan fingerprint density at radius 3 is 2.43 bits per heavy atom. The predicted molar refractivity (Wildman–Crippen MR) is 87.8 cm³/mol. The van der Waals surface area contributed by atoms with E-state index in [1.165, 1.54) is 31.7 Å². The summed E-state index contributed by atoms with van der Waals surface area (Å²) in [5.41, 5.74) is 1.06. The van der Waals surface area contributed by atoms with E-state index < -0.39 is 0 Å². The first-order valence-corrected chi connectivity index (χ1v) is 8.02. The maximum Gasteiger partial charge on any atom is 0.125 e. The fourth-order valence-corrected chi connectivity index (χ4v) is 3.99. The van der Waals surface area contributed by atoms with Gasteiger partial charge in [0.15, 0.2) is 0 Å². The molecule has 21 heavy (non-hydrogen) atoms. The summed E-state index contributed by atoms with van der Waals surface area (Å²) < 4.78 is 13.7. The number of nitrogens with one attached hydrogen (secondary N) is 1. The molecule has 1 aliphatic carbocycles. The van der Waals surface area contributed by atoms with Crippen LogP contribution in [0, 0.1) is 11.7 Å². The molecule has 2 aliphatic rings. The Kier molecular flexibility index (Phi) is 6.30. The molecule has 2 fully saturated rings. The van der Waals surface area contributed by atoms with Crippen molar-refractivity contribution in [3.63, 3.8) is 0 Å². The topological polar surface area (TPSA) is 15.3 Å². The molecule has 1 aromatic rings. The summed E-state index contributed by atoms with van der Waals surface area (Å²) in [5, 5.41) is 3.90. The number of rotatable bonds is 3. The molecule has 1 atom stereocenters. The summed E-state index contributed by atoms with van der Waals surface area (Å²) in [7, 11) is 0. The van der Waals surface area contributed by atoms with Crippen LogP contribution in [0.5, 0.6) is 0 Å². The van der Waals surface area contributed by atoms with Crippen LogP contribution >= 0.6 is 24.0 Å². The van der Waals surface area contributed by atoms with E-state index in [4.69, 9.17) is 11.6 Å². The normalized spacial score (nSPS) is 22.0. The molecule has 0 spiro atoms. The average molecular weight is 333 g/mol. The van der Waals surface area contributed by atoms with E-state index >= 15 is 0 Å². The van der Waals surface area contributed by atoms with Gasteiger partial charge in [-0.25, -0.2) is 4.39 Å². The second kappa shape index (κ2) is 7.77. The van der Waals surface area contributed by atoms with Crippen molar-refractivity contribution in [1.82, 2.24) is 10.2 Å². The monoisotopic (exact) mass is 332 g/mol. The lowest BCUT2D eigenvalue weighted by molar-refractivity contribution is 0.125. The molecule has 0 aromatic heterocycles. The minimum Gasteiger partial charge on any atom is -0.314 e. The van der Waals surface area contributed by atoms with Gasteiger partial charge in [0, 0.05) is 37.2 Å². The van der Waals surface area contributed by atoms with E-state index in [9.17, 15) is 4.39 Å². The molecule has 1 N–H and O–H groups in total. The van der Waals surface area contributed by atoms with E-state index in [0.717, 1.165) is 31.7 Å². The Morgan fingerprint density at radius 2 is 1.81 bits per heavy atom. The van der Waals surface area contributed by atoms with E-state index in [1.54, 1.807) is 6.07 Å². The molecule has 0 radical (unpaired) electrons. The van der Waals surface area contributed by atoms with Gasteiger partial charge in [-0.1, -0.05) is 24.4 Å². The second-order valence-corrected chi connectivity index (χ2v) is 6.41. The molecular weight excluding hydrogens is 310 g/mol. The summed E-state index contributed by atoms with van der Waals surface area (Å²) >= 11 is 6.07. The number of hydrogen-bond acceptors (Lipinski definition) is 2. The van der Waals surface area contributed by atoms with E-state index in [0.29, 0.717) is 17.0 Å². The third-order valence-electron chi connectivity index (χ3n) is 4.62. The highest BCUT2D eigenvalue weighted by molar-refractivity contribution is 6.30. The Morgan fingerprint density at radius 1 is 1.14 bits per heavy atom. The first-order valence-electron chi connectivity index (χ1n) is 7.65. The Bertz CT molecular complexity index is 437. The van der Waals surface area contributed by atoms with Crippen molar-refractivity contribution in [2.45, 2.75) is 31.7 Å². The number of benzene rings is 1. The van der Waals surface area contributed by atoms with E-state index in [2.05, 4.69) is 10.2 Å². The van der Waals surface area contributed by atoms with Crippen LogP contribution in [-0.4, -0.2) is 31.1 Å². The van der Waals surface area contributed by atoms with Gasteiger partial charge in [0.25, 0.3) is 0 Å². The van der Waals surface area contributed by atoms with Gasteiger partial charge in [-0.15, -0.1) is 12.4 Å². The quantitative estimate of drug-likeness (QED) is 0.898. The first-order chi connectivity index (χ1) is 9.74. The molecule has 1 heterocycles. The molecule has 1 aliphatic heterocycles. The standard InChI is InChI=1S/C16H22ClFN2.ClH/c17-14-9-13(10-15(18)11-14)16(12-3-1-2-4-12)20-7-5-19-6-8-20;/h9-12,16,19H,1-8H2;1H/t16-;/m1./s1. The van der Waals surface area contributed by atoms with Crippen LogP contribution in [-0.2, 0) is 0 Å². The largest absolute Gasteiger partial charge is 0.314 e. The summed E-state index contributed by atoms with van der Waals surface area (Å²) in [5.74, 6) is 0.427. The van der Waals surface area contributed by atoms with Crippen molar-refractivity contribution in [1.29, 1.82) is 0 Å². The predicted octanol–water partition coefficient (Wildman–Crippen LogP) is 4.04. The van der Waals surface area contributed by atoms with Gasteiger partial charge in [0.2, 0.25) is 0 Å². The molecule has 0 bridgehead atoms. The number of halogens is 3. The van der Waals surface area contributed by atoms with E-state index in [-0.39, 0.29) is 18.2 Å². The summed E-state index contributed by atoms with van der Waals surface area (Å²) in [6.07, 6.45) is 5.11. The van der Waals surface area contributed by atoms with Crippen LogP contribution in [0.4, 0.5) is 4.39 Å². The van der Waals surface area contributed by atoms with Crippen LogP contribution in [0.3, 0.4) is 0 Å². The minimum atomic E-state index is -0.217. The fraction of sp³-hybridized carbons (Fsp3) is 0.625. The highest BCUT2D eigenvalue weighted by atomic mass is 35.5. The SMILES string of the molecule is Cl.Fc1cc(Cl)cc([C@@H](C2CCCC2)N2CCNCC2)c1. The third kappa shape index (κ3) is 4.10. The number of nitrogens with zero attached hydrogens (tertiary/aromatic N) is 1. The van der Waals surface area contributed by atoms with Crippen LogP contribution in [0.1, 0.15) is 37.3 Å². The smallest absolute Gasteiger partial charge is 0.125 e. The van der Waals surface area contributed by atoms with Gasteiger partial charge in [-0.3, -0.25) is 4.90 Å². The highest BCUT2D eigenvalue weighted by Gasteiger charge is 2.32. The van der Waals surface area contributed by atoms with Gasteiger partial charge in [-0.2, -0.15) is 0 Å². The van der Waals surface area contributed by atoms with Crippen LogP contribution in [0.15, 0.2) is 18.2 Å². The molecule has 1 aromatic carbocycles. The lowest BCUT2D eigenvalue weighted by Gasteiger charge is -2.38. The molecule has 0 amide bonds. The molecule has 1 saturated heterocycles. The van der Waals surface area contributed by atoms with Gasteiger partial charge in [0.05, 0.1) is 0 Å². The Balaban J connectivity index is 0.00000161. The van der Waals surface area contributed by atoms with Crippen LogP contribution < -0.4 is 5.32 Å². The summed E-state index contributed by atoms with van der Waals surface area (Å²) in [6, 6.07) is 5.36. The van der Waals surface area contributed by atoms with Crippen molar-refractivity contribution < 1.29 is 4.39 Å². The zero-order valence-electron chi connectivity index (χ0n) is 12.2. The lowest BCUT2D eigenvalue weighted by Crippen LogP contribution is -2.46. The molecule has 2 nitrogen and oxygen atoms in total. The fourth-order valence-electron chi connectivity index (χ4n) is 3.76. The lowest BCUT2D eigenvalue weighted by atomic mass is 9.89. The van der Waals surface area contributed by atoms with Gasteiger partial charge >= 0.3 is 0 Å².